The molecule has 0 bridgehead atoms. The quantitative estimate of drug-likeness (QED) is 0.105. The summed E-state index contributed by atoms with van der Waals surface area (Å²) in [5.41, 5.74) is 13.0. The van der Waals surface area contributed by atoms with Gasteiger partial charge >= 0.3 is 0 Å². The van der Waals surface area contributed by atoms with E-state index in [4.69, 9.17) is 44.6 Å². The fraction of sp³-hybridized carbons (Fsp3) is 0. The fourth-order valence-corrected chi connectivity index (χ4v) is 5.72. The lowest BCUT2D eigenvalue weighted by Crippen LogP contribution is -1.94. The molecule has 0 unspecified atom stereocenters. The van der Waals surface area contributed by atoms with E-state index in [2.05, 4.69) is 0 Å². The molecule has 0 atom stereocenters. The number of benzene rings is 8. The number of hydrogen-bond donors (Lipinski definition) is 2. The number of hydrogen-bond acceptors (Lipinski definition) is 9. The molecule has 0 spiro atoms. The van der Waals surface area contributed by atoms with E-state index in [9.17, 15) is 0 Å². The van der Waals surface area contributed by atoms with Crippen molar-refractivity contribution in [2.45, 2.75) is 0 Å². The third-order valence-corrected chi connectivity index (χ3v) is 8.25. The molecule has 280 valence electrons. The summed E-state index contributed by atoms with van der Waals surface area (Å²) >= 11 is 0. The van der Waals surface area contributed by atoms with Gasteiger partial charge in [0.2, 0.25) is 0 Å². The molecular weight excluding hydrogens is 717 g/mol. The normalized spacial score (nSPS) is 10.6. The predicted octanol–water partition coefficient (Wildman–Crippen LogP) is 13.4. The Hall–Kier alpha value is -8.04. The Morgan fingerprint density at radius 3 is 0.719 bits per heavy atom. The van der Waals surface area contributed by atoms with Gasteiger partial charge in [-0.2, -0.15) is 0 Å². The van der Waals surface area contributed by atoms with E-state index in [1.54, 1.807) is 48.5 Å². The highest BCUT2D eigenvalue weighted by atomic mass is 16.5. The SMILES string of the molecule is Nc1cccc(Oc2cccc(Oc3cccc(Oc4ccccc4Oc4ccccc4Oc4cccc(Oc5cccc(Oc6cccc(N)c6)c5)c4)c3)c2)c1. The molecule has 8 rings (SSSR count). The molecule has 8 aromatic rings. The molecule has 0 aliphatic heterocycles. The Kier molecular flexibility index (Phi) is 10.7. The highest BCUT2D eigenvalue weighted by molar-refractivity contribution is 5.52. The van der Waals surface area contributed by atoms with Gasteiger partial charge in [0.25, 0.3) is 0 Å². The maximum absolute atomic E-state index is 6.42. The Labute approximate surface area is 329 Å². The van der Waals surface area contributed by atoms with Crippen LogP contribution in [0, 0.1) is 0 Å². The molecule has 8 aromatic carbocycles. The number of nitrogens with two attached hydrogens (primary N) is 2. The molecule has 9 heteroatoms. The Balaban J connectivity index is 0.933. The lowest BCUT2D eigenvalue weighted by atomic mass is 10.2. The molecule has 0 radical (unpaired) electrons. The first-order valence-corrected chi connectivity index (χ1v) is 18.0. The Morgan fingerprint density at radius 2 is 0.439 bits per heavy atom. The van der Waals surface area contributed by atoms with Gasteiger partial charge in [-0.25, -0.2) is 0 Å². The van der Waals surface area contributed by atoms with Crippen LogP contribution in [0.5, 0.6) is 80.5 Å². The predicted molar refractivity (Wildman–Crippen MR) is 221 cm³/mol. The summed E-state index contributed by atoms with van der Waals surface area (Å²) < 4.78 is 43.4. The lowest BCUT2D eigenvalue weighted by Gasteiger charge is -2.16. The van der Waals surface area contributed by atoms with Crippen LogP contribution < -0.4 is 44.6 Å². The van der Waals surface area contributed by atoms with E-state index in [1.165, 1.54) is 0 Å². The zero-order chi connectivity index (χ0) is 38.8. The van der Waals surface area contributed by atoms with E-state index < -0.39 is 0 Å². The van der Waals surface area contributed by atoms with E-state index >= 15 is 0 Å². The lowest BCUT2D eigenvalue weighted by molar-refractivity contribution is 0.392. The second-order valence-corrected chi connectivity index (χ2v) is 12.7. The molecule has 0 aromatic heterocycles. The van der Waals surface area contributed by atoms with Crippen molar-refractivity contribution in [3.05, 3.63) is 194 Å². The first kappa shape index (κ1) is 36.0. The Morgan fingerprint density at radius 1 is 0.211 bits per heavy atom. The summed E-state index contributed by atoms with van der Waals surface area (Å²) in [5.74, 6) is 7.94. The third-order valence-electron chi connectivity index (χ3n) is 8.25. The van der Waals surface area contributed by atoms with Crippen LogP contribution in [0.4, 0.5) is 11.4 Å². The van der Waals surface area contributed by atoms with Crippen molar-refractivity contribution in [3.8, 4) is 80.5 Å². The van der Waals surface area contributed by atoms with Crippen LogP contribution in [-0.2, 0) is 0 Å². The zero-order valence-electron chi connectivity index (χ0n) is 30.5. The summed E-state index contributed by atoms with van der Waals surface area (Å²) in [6.07, 6.45) is 0. The van der Waals surface area contributed by atoms with Gasteiger partial charge in [-0.15, -0.1) is 0 Å². The van der Waals surface area contributed by atoms with Gasteiger partial charge < -0.3 is 44.6 Å². The maximum atomic E-state index is 6.42. The van der Waals surface area contributed by atoms with Crippen molar-refractivity contribution >= 4 is 11.4 Å². The van der Waals surface area contributed by atoms with Crippen LogP contribution in [0.2, 0.25) is 0 Å². The molecule has 0 amide bonds. The molecule has 0 saturated carbocycles. The van der Waals surface area contributed by atoms with Crippen molar-refractivity contribution in [1.82, 2.24) is 0 Å². The van der Waals surface area contributed by atoms with Gasteiger partial charge in [-0.3, -0.25) is 0 Å². The smallest absolute Gasteiger partial charge is 0.170 e. The number of para-hydroxylation sites is 4. The molecule has 0 saturated heterocycles. The van der Waals surface area contributed by atoms with Crippen LogP contribution in [0.15, 0.2) is 194 Å². The van der Waals surface area contributed by atoms with Crippen LogP contribution in [-0.4, -0.2) is 0 Å². The van der Waals surface area contributed by atoms with Gasteiger partial charge in [0.05, 0.1) is 0 Å². The number of rotatable bonds is 14. The second kappa shape index (κ2) is 17.0. The van der Waals surface area contributed by atoms with Gasteiger partial charge in [-0.05, 0) is 97.1 Å². The minimum Gasteiger partial charge on any atom is -0.457 e. The molecular formula is C48H36N2O7. The topological polar surface area (TPSA) is 117 Å². The number of ether oxygens (including phenoxy) is 7. The van der Waals surface area contributed by atoms with Crippen molar-refractivity contribution in [2.24, 2.45) is 0 Å². The highest BCUT2D eigenvalue weighted by Crippen LogP contribution is 2.41. The van der Waals surface area contributed by atoms with Gasteiger partial charge in [0, 0.05) is 47.8 Å². The van der Waals surface area contributed by atoms with Crippen molar-refractivity contribution in [3.63, 3.8) is 0 Å². The van der Waals surface area contributed by atoms with Gasteiger partial charge in [-0.1, -0.05) is 60.7 Å². The minimum absolute atomic E-state index is 0.489. The van der Waals surface area contributed by atoms with Crippen LogP contribution in [0.25, 0.3) is 0 Å². The number of nitrogen functional groups attached to an aromatic ring is 2. The van der Waals surface area contributed by atoms with E-state index in [0.717, 1.165) is 0 Å². The standard InChI is InChI=1S/C48H36N2O7/c49-33-11-5-13-35(27-33)51-37-15-7-17-39(29-37)53-41-19-9-21-43(31-41)55-45-23-1-3-25-47(45)57-48-26-4-2-24-46(48)56-44-22-10-20-42(32-44)54-40-18-8-16-38(30-40)52-36-14-6-12-34(50)28-36/h1-32H,49-50H2. The summed E-state index contributed by atoms with van der Waals surface area (Å²) in [4.78, 5) is 0. The second-order valence-electron chi connectivity index (χ2n) is 12.7. The summed E-state index contributed by atoms with van der Waals surface area (Å²) in [6, 6.07) is 58.8. The fourth-order valence-electron chi connectivity index (χ4n) is 5.72. The summed E-state index contributed by atoms with van der Waals surface area (Å²) in [5, 5.41) is 0. The Bertz CT molecular complexity index is 2450. The summed E-state index contributed by atoms with van der Waals surface area (Å²) in [6.45, 7) is 0. The van der Waals surface area contributed by atoms with Crippen molar-refractivity contribution < 1.29 is 33.2 Å². The molecule has 0 heterocycles. The number of anilines is 2. The molecule has 57 heavy (non-hydrogen) atoms. The van der Waals surface area contributed by atoms with Crippen LogP contribution >= 0.6 is 0 Å². The van der Waals surface area contributed by atoms with Crippen molar-refractivity contribution in [2.75, 3.05) is 11.5 Å². The van der Waals surface area contributed by atoms with Gasteiger partial charge in [0.1, 0.15) is 57.5 Å². The monoisotopic (exact) mass is 752 g/mol. The largest absolute Gasteiger partial charge is 0.457 e. The van der Waals surface area contributed by atoms with Crippen LogP contribution in [0.1, 0.15) is 0 Å². The van der Waals surface area contributed by atoms with E-state index in [-0.39, 0.29) is 0 Å². The van der Waals surface area contributed by atoms with E-state index in [1.807, 2.05) is 146 Å². The highest BCUT2D eigenvalue weighted by Gasteiger charge is 2.13. The molecule has 0 aliphatic rings. The molecule has 9 nitrogen and oxygen atoms in total. The first-order chi connectivity index (χ1) is 28.0. The molecule has 4 N–H and O–H groups in total. The molecule has 0 fully saturated rings. The first-order valence-electron chi connectivity index (χ1n) is 18.0. The van der Waals surface area contributed by atoms with Gasteiger partial charge in [0.15, 0.2) is 23.0 Å². The average molecular weight is 753 g/mol. The van der Waals surface area contributed by atoms with E-state index in [0.29, 0.717) is 91.9 Å². The third kappa shape index (κ3) is 9.74. The van der Waals surface area contributed by atoms with Crippen molar-refractivity contribution in [1.29, 1.82) is 0 Å². The molecule has 0 aliphatic carbocycles. The maximum Gasteiger partial charge on any atom is 0.170 e. The van der Waals surface area contributed by atoms with Crippen LogP contribution in [0.3, 0.4) is 0 Å². The average Bonchev–Trinajstić information content (AvgIpc) is 3.20. The summed E-state index contributed by atoms with van der Waals surface area (Å²) in [7, 11) is 0. The zero-order valence-corrected chi connectivity index (χ0v) is 30.5. The minimum atomic E-state index is 0.489.